The Morgan fingerprint density at radius 1 is 1.60 bits per heavy atom. The van der Waals surface area contributed by atoms with Crippen molar-refractivity contribution in [3.8, 4) is 5.88 Å². The lowest BCUT2D eigenvalue weighted by Crippen LogP contribution is -1.95. The molecular formula is C9H7ClN2O3. The molecule has 15 heavy (non-hydrogen) atoms. The Hall–Kier alpha value is -1.75. The standard InChI is InChI=1S/C9H7ClN2O3/c1-15-7-3-5(10)4-2-6(9(13)14)11-8(4)12-7/h2-3H,1H3,(H,11,12)(H,13,14). The molecule has 5 nitrogen and oxygen atoms in total. The number of carboxylic acid groups (broad SMARTS) is 1. The van der Waals surface area contributed by atoms with Gasteiger partial charge < -0.3 is 14.8 Å². The van der Waals surface area contributed by atoms with Crippen molar-refractivity contribution in [1.82, 2.24) is 9.97 Å². The molecule has 6 heteroatoms. The summed E-state index contributed by atoms with van der Waals surface area (Å²) in [5.41, 5.74) is 0.449. The number of hydrogen-bond donors (Lipinski definition) is 2. The second-order valence-electron chi connectivity index (χ2n) is 2.90. The van der Waals surface area contributed by atoms with Gasteiger partial charge in [0.1, 0.15) is 11.3 Å². The molecule has 2 heterocycles. The van der Waals surface area contributed by atoms with Crippen LogP contribution in [0.4, 0.5) is 0 Å². The molecule has 0 saturated heterocycles. The molecule has 2 aromatic heterocycles. The van der Waals surface area contributed by atoms with Crippen LogP contribution in [0.1, 0.15) is 10.5 Å². The quantitative estimate of drug-likeness (QED) is 0.820. The number of halogens is 1. The van der Waals surface area contributed by atoms with Crippen molar-refractivity contribution < 1.29 is 14.6 Å². The molecule has 0 aliphatic heterocycles. The van der Waals surface area contributed by atoms with Gasteiger partial charge in [-0.1, -0.05) is 11.6 Å². The predicted molar refractivity (Wildman–Crippen MR) is 54.6 cm³/mol. The van der Waals surface area contributed by atoms with Gasteiger partial charge in [-0.2, -0.15) is 4.98 Å². The summed E-state index contributed by atoms with van der Waals surface area (Å²) in [7, 11) is 1.46. The zero-order chi connectivity index (χ0) is 11.0. The van der Waals surface area contributed by atoms with Gasteiger partial charge in [0.25, 0.3) is 0 Å². The number of carbonyl (C=O) groups is 1. The number of ether oxygens (including phenoxy) is 1. The van der Waals surface area contributed by atoms with E-state index in [4.69, 9.17) is 21.4 Å². The van der Waals surface area contributed by atoms with E-state index in [-0.39, 0.29) is 5.69 Å². The molecule has 2 aromatic rings. The lowest BCUT2D eigenvalue weighted by Gasteiger charge is -1.99. The average Bonchev–Trinajstić information content (AvgIpc) is 2.61. The number of hydrogen-bond acceptors (Lipinski definition) is 3. The van der Waals surface area contributed by atoms with Crippen molar-refractivity contribution >= 4 is 28.6 Å². The monoisotopic (exact) mass is 226 g/mol. The topological polar surface area (TPSA) is 75.2 Å². The number of aromatic nitrogens is 2. The van der Waals surface area contributed by atoms with E-state index in [0.29, 0.717) is 21.9 Å². The Morgan fingerprint density at radius 2 is 2.33 bits per heavy atom. The molecule has 0 atom stereocenters. The smallest absolute Gasteiger partial charge is 0.352 e. The molecule has 0 unspecified atom stereocenters. The van der Waals surface area contributed by atoms with Gasteiger partial charge in [0.2, 0.25) is 5.88 Å². The molecule has 2 rings (SSSR count). The third-order valence-electron chi connectivity index (χ3n) is 1.97. The molecule has 0 radical (unpaired) electrons. The van der Waals surface area contributed by atoms with Gasteiger partial charge in [0.05, 0.1) is 12.1 Å². The third-order valence-corrected chi connectivity index (χ3v) is 2.28. The Bertz CT molecular complexity index is 535. The molecule has 0 spiro atoms. The number of fused-ring (bicyclic) bond motifs is 1. The van der Waals surface area contributed by atoms with Crippen molar-refractivity contribution in [2.75, 3.05) is 7.11 Å². The second-order valence-corrected chi connectivity index (χ2v) is 3.30. The molecule has 78 valence electrons. The van der Waals surface area contributed by atoms with E-state index in [9.17, 15) is 4.79 Å². The first kappa shape index (κ1) is 9.79. The summed E-state index contributed by atoms with van der Waals surface area (Å²) in [6.45, 7) is 0. The van der Waals surface area contributed by atoms with Crippen LogP contribution in [0.5, 0.6) is 5.88 Å². The minimum Gasteiger partial charge on any atom is -0.481 e. The van der Waals surface area contributed by atoms with Crippen molar-refractivity contribution in [1.29, 1.82) is 0 Å². The van der Waals surface area contributed by atoms with Crippen LogP contribution >= 0.6 is 11.6 Å². The summed E-state index contributed by atoms with van der Waals surface area (Å²) in [6, 6.07) is 2.97. The van der Waals surface area contributed by atoms with Gasteiger partial charge in [-0.15, -0.1) is 0 Å². The molecule has 0 aromatic carbocycles. The van der Waals surface area contributed by atoms with E-state index >= 15 is 0 Å². The number of aromatic amines is 1. The van der Waals surface area contributed by atoms with E-state index in [0.717, 1.165) is 0 Å². The Kier molecular flexibility index (Phi) is 2.24. The Labute approximate surface area is 89.6 Å². The molecular weight excluding hydrogens is 220 g/mol. The summed E-state index contributed by atoms with van der Waals surface area (Å²) in [6.07, 6.45) is 0. The highest BCUT2D eigenvalue weighted by atomic mass is 35.5. The van der Waals surface area contributed by atoms with Gasteiger partial charge in [-0.05, 0) is 6.07 Å². The van der Waals surface area contributed by atoms with E-state index < -0.39 is 5.97 Å². The Morgan fingerprint density at radius 3 is 2.93 bits per heavy atom. The number of rotatable bonds is 2. The van der Waals surface area contributed by atoms with Crippen molar-refractivity contribution in [2.45, 2.75) is 0 Å². The maximum atomic E-state index is 10.7. The number of nitrogens with one attached hydrogen (secondary N) is 1. The van der Waals surface area contributed by atoms with Gasteiger partial charge in [0.15, 0.2) is 0 Å². The summed E-state index contributed by atoms with van der Waals surface area (Å²) >= 11 is 5.93. The van der Waals surface area contributed by atoms with Gasteiger partial charge in [0, 0.05) is 11.5 Å². The first-order valence-electron chi connectivity index (χ1n) is 4.08. The minimum absolute atomic E-state index is 0.0488. The van der Waals surface area contributed by atoms with Crippen LogP contribution in [0, 0.1) is 0 Å². The van der Waals surface area contributed by atoms with Crippen LogP contribution in [0.15, 0.2) is 12.1 Å². The lowest BCUT2D eigenvalue weighted by molar-refractivity contribution is 0.0691. The lowest BCUT2D eigenvalue weighted by atomic mass is 10.3. The summed E-state index contributed by atoms with van der Waals surface area (Å²) in [5, 5.41) is 9.74. The van der Waals surface area contributed by atoms with Gasteiger partial charge in [-0.3, -0.25) is 0 Å². The van der Waals surface area contributed by atoms with Crippen molar-refractivity contribution in [3.63, 3.8) is 0 Å². The predicted octanol–water partition coefficient (Wildman–Crippen LogP) is 1.92. The number of H-pyrrole nitrogens is 1. The first-order chi connectivity index (χ1) is 7.11. The van der Waals surface area contributed by atoms with Crippen molar-refractivity contribution in [3.05, 3.63) is 22.8 Å². The van der Waals surface area contributed by atoms with Crippen LogP contribution in [0.25, 0.3) is 11.0 Å². The van der Waals surface area contributed by atoms with Crippen LogP contribution in [-0.4, -0.2) is 28.2 Å². The van der Waals surface area contributed by atoms with E-state index in [1.54, 1.807) is 0 Å². The normalized spacial score (nSPS) is 10.5. The molecule has 0 fully saturated rings. The summed E-state index contributed by atoms with van der Waals surface area (Å²) < 4.78 is 4.91. The van der Waals surface area contributed by atoms with Crippen LogP contribution in [-0.2, 0) is 0 Å². The van der Waals surface area contributed by atoms with Gasteiger partial charge >= 0.3 is 5.97 Å². The van der Waals surface area contributed by atoms with Crippen LogP contribution < -0.4 is 4.74 Å². The number of carboxylic acids is 1. The Balaban J connectivity index is 2.69. The second kappa shape index (κ2) is 3.43. The highest BCUT2D eigenvalue weighted by molar-refractivity contribution is 6.35. The largest absolute Gasteiger partial charge is 0.481 e. The highest BCUT2D eigenvalue weighted by Crippen LogP contribution is 2.26. The fraction of sp³-hybridized carbons (Fsp3) is 0.111. The van der Waals surface area contributed by atoms with E-state index in [2.05, 4.69) is 9.97 Å². The molecule has 2 N–H and O–H groups in total. The highest BCUT2D eigenvalue weighted by Gasteiger charge is 2.12. The fourth-order valence-electron chi connectivity index (χ4n) is 1.26. The average molecular weight is 227 g/mol. The number of methoxy groups -OCH3 is 1. The van der Waals surface area contributed by atoms with Crippen LogP contribution in [0.3, 0.4) is 0 Å². The van der Waals surface area contributed by atoms with Crippen molar-refractivity contribution in [2.24, 2.45) is 0 Å². The number of nitrogens with zero attached hydrogens (tertiary/aromatic N) is 1. The maximum absolute atomic E-state index is 10.7. The van der Waals surface area contributed by atoms with E-state index in [1.807, 2.05) is 0 Å². The molecule has 0 bridgehead atoms. The fourth-order valence-corrected chi connectivity index (χ4v) is 1.50. The van der Waals surface area contributed by atoms with Crippen LogP contribution in [0.2, 0.25) is 5.02 Å². The molecule has 0 aliphatic rings. The summed E-state index contributed by atoms with van der Waals surface area (Å²) in [5.74, 6) is -0.714. The molecule has 0 saturated carbocycles. The van der Waals surface area contributed by atoms with E-state index in [1.165, 1.54) is 19.2 Å². The van der Waals surface area contributed by atoms with Gasteiger partial charge in [-0.25, -0.2) is 4.79 Å². The zero-order valence-electron chi connectivity index (χ0n) is 7.74. The number of aromatic carboxylic acids is 1. The zero-order valence-corrected chi connectivity index (χ0v) is 8.50. The molecule has 0 aliphatic carbocycles. The first-order valence-corrected chi connectivity index (χ1v) is 4.46. The third kappa shape index (κ3) is 1.61. The molecule has 0 amide bonds. The summed E-state index contributed by atoms with van der Waals surface area (Å²) in [4.78, 5) is 17.4. The maximum Gasteiger partial charge on any atom is 0.352 e. The minimum atomic E-state index is -1.05. The SMILES string of the molecule is COc1cc(Cl)c2cc(C(=O)O)[nH]c2n1. The number of pyridine rings is 1.